The van der Waals surface area contributed by atoms with Crippen LogP contribution < -0.4 is 5.84 Å². The van der Waals surface area contributed by atoms with E-state index in [1.54, 1.807) is 18.3 Å². The highest BCUT2D eigenvalue weighted by atomic mass is 35.5. The Bertz CT molecular complexity index is 273. The molecule has 0 aliphatic rings. The molecular weight excluding hydrogens is 174 g/mol. The van der Waals surface area contributed by atoms with Crippen LogP contribution >= 0.6 is 11.6 Å². The molecule has 0 unspecified atom stereocenters. The number of hydrogen-bond donors (Lipinski definition) is 1. The summed E-state index contributed by atoms with van der Waals surface area (Å²) in [5.74, 6) is 5.50. The van der Waals surface area contributed by atoms with Gasteiger partial charge >= 0.3 is 0 Å². The lowest BCUT2D eigenvalue weighted by Gasteiger charge is -2.10. The van der Waals surface area contributed by atoms with Gasteiger partial charge in [0.25, 0.3) is 0 Å². The molecule has 0 aliphatic carbocycles. The molecule has 0 amide bonds. The zero-order valence-corrected chi connectivity index (χ0v) is 7.97. The topological polar surface area (TPSA) is 42.1 Å². The van der Waals surface area contributed by atoms with E-state index in [1.807, 2.05) is 13.0 Å². The van der Waals surface area contributed by atoms with Crippen molar-refractivity contribution in [1.29, 1.82) is 0 Å². The van der Waals surface area contributed by atoms with E-state index in [2.05, 4.69) is 4.98 Å². The summed E-state index contributed by atoms with van der Waals surface area (Å²) < 4.78 is 0. The minimum absolute atomic E-state index is 0.641. The average molecular weight is 186 g/mol. The van der Waals surface area contributed by atoms with Gasteiger partial charge in [0.1, 0.15) is 0 Å². The Morgan fingerprint density at radius 3 is 2.92 bits per heavy atom. The summed E-state index contributed by atoms with van der Waals surface area (Å²) in [6, 6.07) is 1.94. The molecule has 66 valence electrons. The molecule has 0 aliphatic heterocycles. The Hall–Kier alpha value is -0.640. The van der Waals surface area contributed by atoms with E-state index < -0.39 is 0 Å². The summed E-state index contributed by atoms with van der Waals surface area (Å²) >= 11 is 5.90. The van der Waals surface area contributed by atoms with E-state index >= 15 is 0 Å². The van der Waals surface area contributed by atoms with E-state index in [0.29, 0.717) is 11.6 Å². The van der Waals surface area contributed by atoms with Crippen LogP contribution in [0, 0.1) is 6.92 Å². The zero-order chi connectivity index (χ0) is 9.14. The van der Waals surface area contributed by atoms with Crippen molar-refractivity contribution in [3.63, 3.8) is 0 Å². The minimum atomic E-state index is 0.641. The molecule has 4 heteroatoms. The maximum atomic E-state index is 5.90. The third-order valence-electron chi connectivity index (χ3n) is 1.49. The Morgan fingerprint density at radius 2 is 2.33 bits per heavy atom. The second-order valence-corrected chi connectivity index (χ2v) is 3.24. The average Bonchev–Trinajstić information content (AvgIpc) is 1.96. The van der Waals surface area contributed by atoms with Crippen molar-refractivity contribution < 1.29 is 0 Å². The lowest BCUT2D eigenvalue weighted by molar-refractivity contribution is 0.341. The standard InChI is InChI=1S/C8H12ClN3/c1-6-3-7(5-12(2)10)8(9)4-11-6/h3-4H,5,10H2,1-2H3. The number of nitrogens with zero attached hydrogens (tertiary/aromatic N) is 2. The van der Waals surface area contributed by atoms with Gasteiger partial charge in [0.2, 0.25) is 0 Å². The van der Waals surface area contributed by atoms with Crippen molar-refractivity contribution in [2.45, 2.75) is 13.5 Å². The molecule has 12 heavy (non-hydrogen) atoms. The zero-order valence-electron chi connectivity index (χ0n) is 7.21. The fourth-order valence-corrected chi connectivity index (χ4v) is 1.15. The van der Waals surface area contributed by atoms with Gasteiger partial charge in [-0.1, -0.05) is 11.6 Å². The van der Waals surface area contributed by atoms with Gasteiger partial charge in [0.05, 0.1) is 5.02 Å². The largest absolute Gasteiger partial charge is 0.269 e. The van der Waals surface area contributed by atoms with Crippen LogP contribution in [0.5, 0.6) is 0 Å². The highest BCUT2D eigenvalue weighted by Gasteiger charge is 2.02. The summed E-state index contributed by atoms with van der Waals surface area (Å²) in [6.45, 7) is 2.57. The molecule has 2 N–H and O–H groups in total. The number of pyridine rings is 1. The normalized spacial score (nSPS) is 10.8. The monoisotopic (exact) mass is 185 g/mol. The fourth-order valence-electron chi connectivity index (χ4n) is 0.990. The van der Waals surface area contributed by atoms with Crippen LogP contribution in [-0.4, -0.2) is 17.0 Å². The maximum Gasteiger partial charge on any atom is 0.0635 e. The molecule has 3 nitrogen and oxygen atoms in total. The summed E-state index contributed by atoms with van der Waals surface area (Å²) in [4.78, 5) is 4.06. The van der Waals surface area contributed by atoms with Gasteiger partial charge in [-0.05, 0) is 18.6 Å². The van der Waals surface area contributed by atoms with Crippen LogP contribution in [-0.2, 0) is 6.54 Å². The molecule has 1 aromatic rings. The highest BCUT2D eigenvalue weighted by Crippen LogP contribution is 2.15. The maximum absolute atomic E-state index is 5.90. The van der Waals surface area contributed by atoms with E-state index in [4.69, 9.17) is 17.4 Å². The van der Waals surface area contributed by atoms with E-state index in [0.717, 1.165) is 11.3 Å². The Labute approximate surface area is 77.1 Å². The molecular formula is C8H12ClN3. The molecule has 0 radical (unpaired) electrons. The highest BCUT2D eigenvalue weighted by molar-refractivity contribution is 6.31. The van der Waals surface area contributed by atoms with Gasteiger partial charge < -0.3 is 0 Å². The molecule has 0 bridgehead atoms. The van der Waals surface area contributed by atoms with Crippen molar-refractivity contribution >= 4 is 11.6 Å². The van der Waals surface area contributed by atoms with Crippen LogP contribution in [0.15, 0.2) is 12.3 Å². The Kier molecular flexibility index (Phi) is 3.03. The summed E-state index contributed by atoms with van der Waals surface area (Å²) in [5.41, 5.74) is 1.96. The van der Waals surface area contributed by atoms with Gasteiger partial charge in [-0.25, -0.2) is 5.01 Å². The third kappa shape index (κ3) is 2.44. The minimum Gasteiger partial charge on any atom is -0.269 e. The second kappa shape index (κ2) is 3.85. The second-order valence-electron chi connectivity index (χ2n) is 2.83. The van der Waals surface area contributed by atoms with Gasteiger partial charge in [-0.3, -0.25) is 10.8 Å². The van der Waals surface area contributed by atoms with Crippen molar-refractivity contribution in [3.8, 4) is 0 Å². The molecule has 0 aromatic carbocycles. The van der Waals surface area contributed by atoms with Crippen LogP contribution in [0.1, 0.15) is 11.3 Å². The predicted molar refractivity (Wildman–Crippen MR) is 49.6 cm³/mol. The number of hydrogen-bond acceptors (Lipinski definition) is 3. The predicted octanol–water partition coefficient (Wildman–Crippen LogP) is 1.35. The lowest BCUT2D eigenvalue weighted by Crippen LogP contribution is -2.25. The molecule has 0 saturated carbocycles. The molecule has 0 atom stereocenters. The molecule has 1 aromatic heterocycles. The van der Waals surface area contributed by atoms with Crippen LogP contribution in [0.2, 0.25) is 5.02 Å². The van der Waals surface area contributed by atoms with Crippen LogP contribution in [0.4, 0.5) is 0 Å². The van der Waals surface area contributed by atoms with Crippen molar-refractivity contribution in [2.75, 3.05) is 7.05 Å². The molecule has 1 rings (SSSR count). The molecule has 0 saturated heterocycles. The number of nitrogens with two attached hydrogens (primary N) is 1. The van der Waals surface area contributed by atoms with Crippen molar-refractivity contribution in [1.82, 2.24) is 9.99 Å². The first-order chi connectivity index (χ1) is 5.59. The van der Waals surface area contributed by atoms with Gasteiger partial charge in [0, 0.05) is 25.5 Å². The van der Waals surface area contributed by atoms with Crippen LogP contribution in [0.3, 0.4) is 0 Å². The quantitative estimate of drug-likeness (QED) is 0.559. The first-order valence-corrected chi connectivity index (χ1v) is 4.04. The smallest absolute Gasteiger partial charge is 0.0635 e. The van der Waals surface area contributed by atoms with E-state index in [-0.39, 0.29) is 0 Å². The number of aromatic nitrogens is 1. The third-order valence-corrected chi connectivity index (χ3v) is 1.83. The van der Waals surface area contributed by atoms with Gasteiger partial charge in [0.15, 0.2) is 0 Å². The van der Waals surface area contributed by atoms with E-state index in [1.165, 1.54) is 0 Å². The van der Waals surface area contributed by atoms with Crippen LogP contribution in [0.25, 0.3) is 0 Å². The summed E-state index contributed by atoms with van der Waals surface area (Å²) in [5, 5.41) is 2.25. The Balaban J connectivity index is 2.90. The van der Waals surface area contributed by atoms with Crippen molar-refractivity contribution in [2.24, 2.45) is 5.84 Å². The first kappa shape index (κ1) is 9.45. The SMILES string of the molecule is Cc1cc(CN(C)N)c(Cl)cn1. The molecule has 0 fully saturated rings. The lowest BCUT2D eigenvalue weighted by atomic mass is 10.2. The Morgan fingerprint density at radius 1 is 1.67 bits per heavy atom. The molecule has 0 spiro atoms. The first-order valence-electron chi connectivity index (χ1n) is 3.66. The number of rotatable bonds is 2. The van der Waals surface area contributed by atoms with Gasteiger partial charge in [-0.15, -0.1) is 0 Å². The fraction of sp³-hybridized carbons (Fsp3) is 0.375. The number of halogens is 1. The van der Waals surface area contributed by atoms with Gasteiger partial charge in [-0.2, -0.15) is 0 Å². The molecule has 1 heterocycles. The summed E-state index contributed by atoms with van der Waals surface area (Å²) in [7, 11) is 1.80. The number of aryl methyl sites for hydroxylation is 1. The summed E-state index contributed by atoms with van der Waals surface area (Å²) in [6.07, 6.45) is 1.65. The number of hydrazine groups is 1. The van der Waals surface area contributed by atoms with E-state index in [9.17, 15) is 0 Å². The van der Waals surface area contributed by atoms with Crippen molar-refractivity contribution in [3.05, 3.63) is 28.5 Å².